The molecule has 0 heterocycles. The molecule has 0 aromatic heterocycles. The van der Waals surface area contributed by atoms with E-state index in [0.29, 0.717) is 6.54 Å². The molecule has 0 amide bonds. The van der Waals surface area contributed by atoms with Crippen LogP contribution >= 0.6 is 0 Å². The van der Waals surface area contributed by atoms with Crippen LogP contribution in [0.4, 0.5) is 0 Å². The van der Waals surface area contributed by atoms with Crippen LogP contribution < -0.4 is 20.1 Å². The summed E-state index contributed by atoms with van der Waals surface area (Å²) in [6, 6.07) is 5.88. The second-order valence-corrected chi connectivity index (χ2v) is 6.95. The first-order valence-electron chi connectivity index (χ1n) is 8.76. The third-order valence-electron chi connectivity index (χ3n) is 3.63. The van der Waals surface area contributed by atoms with Gasteiger partial charge in [-0.05, 0) is 39.8 Å². The van der Waals surface area contributed by atoms with Crippen molar-refractivity contribution in [1.29, 1.82) is 0 Å². The Morgan fingerprint density at radius 1 is 1.20 bits per heavy atom. The Kier molecular flexibility index (Phi) is 8.55. The minimum atomic E-state index is 0.107. The smallest absolute Gasteiger partial charge is 0.194 e. The normalized spacial score (nSPS) is 12.0. The van der Waals surface area contributed by atoms with Gasteiger partial charge in [0.05, 0.1) is 20.8 Å². The van der Waals surface area contributed by atoms with E-state index in [1.807, 2.05) is 25.2 Å². The Balaban J connectivity index is 2.77. The summed E-state index contributed by atoms with van der Waals surface area (Å²) in [6.45, 7) is 11.6. The van der Waals surface area contributed by atoms with E-state index in [-0.39, 0.29) is 5.54 Å². The minimum absolute atomic E-state index is 0.107. The molecule has 1 aromatic carbocycles. The molecular formula is C19H34N4O2. The van der Waals surface area contributed by atoms with Crippen molar-refractivity contribution in [3.05, 3.63) is 23.8 Å². The van der Waals surface area contributed by atoms with Crippen molar-refractivity contribution < 1.29 is 9.47 Å². The molecule has 0 aliphatic carbocycles. The largest absolute Gasteiger partial charge is 0.497 e. The van der Waals surface area contributed by atoms with E-state index in [4.69, 9.17) is 14.5 Å². The Hall–Kier alpha value is -1.95. The number of hydrogen-bond donors (Lipinski definition) is 2. The van der Waals surface area contributed by atoms with Crippen LogP contribution in [0.3, 0.4) is 0 Å². The van der Waals surface area contributed by atoms with Gasteiger partial charge < -0.3 is 25.0 Å². The zero-order valence-corrected chi connectivity index (χ0v) is 16.8. The molecule has 0 saturated carbocycles. The van der Waals surface area contributed by atoms with Gasteiger partial charge in [0.15, 0.2) is 5.96 Å². The number of methoxy groups -OCH3 is 2. The van der Waals surface area contributed by atoms with E-state index >= 15 is 0 Å². The minimum Gasteiger partial charge on any atom is -0.497 e. The second kappa shape index (κ2) is 10.1. The summed E-state index contributed by atoms with van der Waals surface area (Å²) in [5, 5.41) is 6.79. The van der Waals surface area contributed by atoms with E-state index in [0.717, 1.165) is 42.7 Å². The predicted molar refractivity (Wildman–Crippen MR) is 105 cm³/mol. The maximum Gasteiger partial charge on any atom is 0.194 e. The number of rotatable bonds is 8. The van der Waals surface area contributed by atoms with Gasteiger partial charge in [-0.1, -0.05) is 0 Å². The molecule has 0 spiro atoms. The molecule has 25 heavy (non-hydrogen) atoms. The summed E-state index contributed by atoms with van der Waals surface area (Å²) >= 11 is 0. The third kappa shape index (κ3) is 7.65. The van der Waals surface area contributed by atoms with Gasteiger partial charge in [-0.2, -0.15) is 0 Å². The third-order valence-corrected chi connectivity index (χ3v) is 3.63. The molecule has 1 aromatic rings. The molecule has 0 bridgehead atoms. The van der Waals surface area contributed by atoms with Crippen LogP contribution in [0, 0.1) is 0 Å². The fraction of sp³-hybridized carbons (Fsp3) is 0.632. The molecule has 0 fully saturated rings. The number of ether oxygens (including phenoxy) is 2. The molecular weight excluding hydrogens is 316 g/mol. The molecule has 6 heteroatoms. The Labute approximate surface area is 152 Å². The van der Waals surface area contributed by atoms with Crippen LogP contribution in [0.2, 0.25) is 0 Å². The van der Waals surface area contributed by atoms with Gasteiger partial charge in [0.2, 0.25) is 0 Å². The van der Waals surface area contributed by atoms with Crippen molar-refractivity contribution in [2.75, 3.05) is 40.9 Å². The summed E-state index contributed by atoms with van der Waals surface area (Å²) < 4.78 is 10.7. The van der Waals surface area contributed by atoms with E-state index < -0.39 is 0 Å². The number of guanidine groups is 1. The van der Waals surface area contributed by atoms with Crippen LogP contribution in [0.5, 0.6) is 11.5 Å². The van der Waals surface area contributed by atoms with Gasteiger partial charge in [0, 0.05) is 43.9 Å². The fourth-order valence-corrected chi connectivity index (χ4v) is 2.38. The van der Waals surface area contributed by atoms with Crippen molar-refractivity contribution in [1.82, 2.24) is 15.5 Å². The Bertz CT molecular complexity index is 553. The lowest BCUT2D eigenvalue weighted by Crippen LogP contribution is -2.40. The highest BCUT2D eigenvalue weighted by Gasteiger charge is 2.12. The number of benzene rings is 1. The first kappa shape index (κ1) is 21.1. The van der Waals surface area contributed by atoms with Crippen LogP contribution in [-0.4, -0.2) is 57.3 Å². The fourth-order valence-electron chi connectivity index (χ4n) is 2.38. The number of nitrogens with zero attached hydrogens (tertiary/aromatic N) is 2. The van der Waals surface area contributed by atoms with Crippen LogP contribution in [0.1, 0.15) is 33.3 Å². The Morgan fingerprint density at radius 2 is 1.92 bits per heavy atom. The molecule has 0 saturated heterocycles. The summed E-state index contributed by atoms with van der Waals surface area (Å²) in [7, 11) is 5.36. The first-order chi connectivity index (χ1) is 11.8. The van der Waals surface area contributed by atoms with Crippen molar-refractivity contribution in [2.45, 2.75) is 39.8 Å². The van der Waals surface area contributed by atoms with Gasteiger partial charge in [-0.3, -0.25) is 4.99 Å². The molecule has 0 aliphatic rings. The lowest BCUT2D eigenvalue weighted by Gasteiger charge is -2.24. The summed E-state index contributed by atoms with van der Waals surface area (Å²) in [5.41, 5.74) is 1.19. The van der Waals surface area contributed by atoms with Gasteiger partial charge in [-0.25, -0.2) is 0 Å². The van der Waals surface area contributed by atoms with Gasteiger partial charge in [0.1, 0.15) is 11.5 Å². The molecule has 0 unspecified atom stereocenters. The quantitative estimate of drug-likeness (QED) is 0.429. The van der Waals surface area contributed by atoms with Gasteiger partial charge >= 0.3 is 0 Å². The van der Waals surface area contributed by atoms with E-state index in [1.165, 1.54) is 0 Å². The number of hydrogen-bond acceptors (Lipinski definition) is 4. The highest BCUT2D eigenvalue weighted by molar-refractivity contribution is 5.79. The highest BCUT2D eigenvalue weighted by atomic mass is 16.5. The van der Waals surface area contributed by atoms with Crippen LogP contribution in [0.15, 0.2) is 23.2 Å². The van der Waals surface area contributed by atoms with Crippen molar-refractivity contribution in [2.24, 2.45) is 4.99 Å². The average molecular weight is 351 g/mol. The lowest BCUT2D eigenvalue weighted by molar-refractivity contribution is 0.382. The average Bonchev–Trinajstić information content (AvgIpc) is 2.56. The standard InChI is InChI=1S/C19H34N4O2/c1-8-20-18(21-11-12-22-19(2,3)4)23(5)14-15-9-10-16(24-6)13-17(15)25-7/h9-10,13,22H,8,11-12,14H2,1-7H3,(H,20,21). The molecule has 0 radical (unpaired) electrons. The predicted octanol–water partition coefficient (Wildman–Crippen LogP) is 2.49. The Morgan fingerprint density at radius 3 is 2.48 bits per heavy atom. The maximum atomic E-state index is 5.49. The van der Waals surface area contributed by atoms with Crippen LogP contribution in [0.25, 0.3) is 0 Å². The number of nitrogens with one attached hydrogen (secondary N) is 2. The topological polar surface area (TPSA) is 58.1 Å². The van der Waals surface area contributed by atoms with Crippen molar-refractivity contribution >= 4 is 5.96 Å². The second-order valence-electron chi connectivity index (χ2n) is 6.95. The van der Waals surface area contributed by atoms with Crippen molar-refractivity contribution in [3.8, 4) is 11.5 Å². The number of aliphatic imine (C=N–C) groups is 1. The summed E-state index contributed by atoms with van der Waals surface area (Å²) in [4.78, 5) is 6.81. The molecule has 0 atom stereocenters. The monoisotopic (exact) mass is 350 g/mol. The van der Waals surface area contributed by atoms with Crippen LogP contribution in [-0.2, 0) is 6.54 Å². The van der Waals surface area contributed by atoms with E-state index in [2.05, 4.69) is 43.2 Å². The lowest BCUT2D eigenvalue weighted by atomic mass is 10.1. The van der Waals surface area contributed by atoms with Gasteiger partial charge in [0.25, 0.3) is 0 Å². The zero-order chi connectivity index (χ0) is 18.9. The van der Waals surface area contributed by atoms with Gasteiger partial charge in [-0.15, -0.1) is 0 Å². The molecule has 0 aliphatic heterocycles. The van der Waals surface area contributed by atoms with Crippen molar-refractivity contribution in [3.63, 3.8) is 0 Å². The SMILES string of the molecule is CCNC(=NCCNC(C)(C)C)N(C)Cc1ccc(OC)cc1OC. The molecule has 1 rings (SSSR count). The maximum absolute atomic E-state index is 5.49. The first-order valence-corrected chi connectivity index (χ1v) is 8.76. The summed E-state index contributed by atoms with van der Waals surface area (Å²) in [5.74, 6) is 2.49. The molecule has 142 valence electrons. The highest BCUT2D eigenvalue weighted by Crippen LogP contribution is 2.25. The molecule has 6 nitrogen and oxygen atoms in total. The zero-order valence-electron chi connectivity index (χ0n) is 16.8. The molecule has 2 N–H and O–H groups in total. The van der Waals surface area contributed by atoms with E-state index in [9.17, 15) is 0 Å². The summed E-state index contributed by atoms with van der Waals surface area (Å²) in [6.07, 6.45) is 0. The van der Waals surface area contributed by atoms with E-state index in [1.54, 1.807) is 14.2 Å².